The standard InChI is InChI=1S/C16H28N2O/c1-15(2)11-6-7-16(3,9-11)14(15)18-13(19)10-4-5-12(17)8-10/h10-12,14H,4-9,17H2,1-3H3,(H,18,19). The van der Waals surface area contributed by atoms with Crippen LogP contribution in [0.5, 0.6) is 0 Å². The van der Waals surface area contributed by atoms with Crippen LogP contribution in [-0.4, -0.2) is 18.0 Å². The molecule has 3 N–H and O–H groups in total. The Morgan fingerprint density at radius 1 is 1.21 bits per heavy atom. The van der Waals surface area contributed by atoms with Crippen LogP contribution >= 0.6 is 0 Å². The molecule has 3 aliphatic rings. The molecule has 3 heteroatoms. The van der Waals surface area contributed by atoms with Gasteiger partial charge in [0, 0.05) is 18.0 Å². The molecule has 0 aliphatic heterocycles. The number of carbonyl (C=O) groups is 1. The summed E-state index contributed by atoms with van der Waals surface area (Å²) in [5.74, 6) is 1.21. The van der Waals surface area contributed by atoms with Crippen molar-refractivity contribution in [3.63, 3.8) is 0 Å². The lowest BCUT2D eigenvalue weighted by molar-refractivity contribution is -0.127. The molecule has 3 saturated carbocycles. The first-order valence-electron chi connectivity index (χ1n) is 7.89. The van der Waals surface area contributed by atoms with Crippen molar-refractivity contribution in [2.45, 2.75) is 71.4 Å². The third kappa shape index (κ3) is 2.01. The highest BCUT2D eigenvalue weighted by Crippen LogP contribution is 2.62. The summed E-state index contributed by atoms with van der Waals surface area (Å²) in [6.07, 6.45) is 6.75. The molecule has 3 rings (SSSR count). The number of rotatable bonds is 2. The SMILES string of the molecule is CC12CCC(C1)C(C)(C)C2NC(=O)C1CCC(N)C1. The number of fused-ring (bicyclic) bond motifs is 2. The minimum atomic E-state index is 0.161. The molecule has 1 amide bonds. The predicted octanol–water partition coefficient (Wildman–Crippen LogP) is 2.44. The Bertz CT molecular complexity index is 387. The molecule has 3 fully saturated rings. The molecule has 2 bridgehead atoms. The smallest absolute Gasteiger partial charge is 0.223 e. The van der Waals surface area contributed by atoms with Crippen LogP contribution in [0.3, 0.4) is 0 Å². The first-order valence-corrected chi connectivity index (χ1v) is 7.89. The molecule has 19 heavy (non-hydrogen) atoms. The minimum absolute atomic E-state index is 0.161. The second-order valence-corrected chi connectivity index (χ2v) is 8.13. The molecule has 0 aromatic carbocycles. The average Bonchev–Trinajstić information content (AvgIpc) is 2.96. The summed E-state index contributed by atoms with van der Waals surface area (Å²) in [5.41, 5.74) is 6.51. The highest BCUT2D eigenvalue weighted by Gasteiger charge is 2.59. The zero-order valence-corrected chi connectivity index (χ0v) is 12.5. The summed E-state index contributed by atoms with van der Waals surface area (Å²) in [7, 11) is 0. The van der Waals surface area contributed by atoms with Gasteiger partial charge in [0.1, 0.15) is 0 Å². The normalized spacial score (nSPS) is 47.6. The zero-order chi connectivity index (χ0) is 13.8. The third-order valence-electron chi connectivity index (χ3n) is 6.40. The molecule has 0 saturated heterocycles. The lowest BCUT2D eigenvalue weighted by Gasteiger charge is -2.43. The quantitative estimate of drug-likeness (QED) is 0.805. The van der Waals surface area contributed by atoms with E-state index >= 15 is 0 Å². The molecular formula is C16H28N2O. The number of hydrogen-bond donors (Lipinski definition) is 2. The maximum Gasteiger partial charge on any atom is 0.223 e. The van der Waals surface area contributed by atoms with Gasteiger partial charge < -0.3 is 11.1 Å². The maximum atomic E-state index is 12.5. The van der Waals surface area contributed by atoms with Crippen LogP contribution in [0.4, 0.5) is 0 Å². The number of nitrogens with two attached hydrogens (primary N) is 1. The molecule has 0 radical (unpaired) electrons. The second-order valence-electron chi connectivity index (χ2n) is 8.13. The second kappa shape index (κ2) is 4.21. The average molecular weight is 264 g/mol. The van der Waals surface area contributed by atoms with Gasteiger partial charge in [0.05, 0.1) is 0 Å². The molecule has 5 atom stereocenters. The van der Waals surface area contributed by atoms with Crippen molar-refractivity contribution >= 4 is 5.91 Å². The van der Waals surface area contributed by atoms with Crippen molar-refractivity contribution < 1.29 is 4.79 Å². The Morgan fingerprint density at radius 2 is 1.95 bits per heavy atom. The van der Waals surface area contributed by atoms with Crippen molar-refractivity contribution in [3.05, 3.63) is 0 Å². The summed E-state index contributed by atoms with van der Waals surface area (Å²) in [6, 6.07) is 0.586. The molecule has 3 aliphatic carbocycles. The van der Waals surface area contributed by atoms with E-state index < -0.39 is 0 Å². The van der Waals surface area contributed by atoms with E-state index in [0.717, 1.165) is 25.2 Å². The Labute approximate surface area is 116 Å². The largest absolute Gasteiger partial charge is 0.352 e. The molecule has 3 nitrogen and oxygen atoms in total. The van der Waals surface area contributed by atoms with E-state index in [0.29, 0.717) is 11.5 Å². The molecule has 5 unspecified atom stereocenters. The first-order chi connectivity index (χ1) is 8.83. The summed E-state index contributed by atoms with van der Waals surface area (Å²) in [5, 5.41) is 3.41. The predicted molar refractivity (Wildman–Crippen MR) is 76.5 cm³/mol. The van der Waals surface area contributed by atoms with Gasteiger partial charge in [-0.2, -0.15) is 0 Å². The summed E-state index contributed by atoms with van der Waals surface area (Å²) < 4.78 is 0. The highest BCUT2D eigenvalue weighted by molar-refractivity contribution is 5.79. The summed E-state index contributed by atoms with van der Waals surface area (Å²) >= 11 is 0. The van der Waals surface area contributed by atoms with Crippen LogP contribution in [0, 0.1) is 22.7 Å². The summed E-state index contributed by atoms with van der Waals surface area (Å²) in [6.45, 7) is 7.05. The van der Waals surface area contributed by atoms with Crippen molar-refractivity contribution in [1.82, 2.24) is 5.32 Å². The fourth-order valence-corrected chi connectivity index (χ4v) is 5.18. The zero-order valence-electron chi connectivity index (χ0n) is 12.5. The van der Waals surface area contributed by atoms with Crippen molar-refractivity contribution in [2.24, 2.45) is 28.4 Å². The van der Waals surface area contributed by atoms with Gasteiger partial charge in [-0.15, -0.1) is 0 Å². The van der Waals surface area contributed by atoms with Gasteiger partial charge in [0.2, 0.25) is 5.91 Å². The van der Waals surface area contributed by atoms with Gasteiger partial charge in [-0.05, 0) is 55.3 Å². The molecule has 0 aromatic rings. The maximum absolute atomic E-state index is 12.5. The number of carbonyl (C=O) groups excluding carboxylic acids is 1. The van der Waals surface area contributed by atoms with Crippen molar-refractivity contribution in [2.75, 3.05) is 0 Å². The Kier molecular flexibility index (Phi) is 2.97. The number of hydrogen-bond acceptors (Lipinski definition) is 2. The van der Waals surface area contributed by atoms with Crippen molar-refractivity contribution in [1.29, 1.82) is 0 Å². The molecule has 108 valence electrons. The van der Waals surface area contributed by atoms with E-state index in [1.807, 2.05) is 0 Å². The van der Waals surface area contributed by atoms with Crippen molar-refractivity contribution in [3.8, 4) is 0 Å². The van der Waals surface area contributed by atoms with E-state index in [1.165, 1.54) is 19.3 Å². The fraction of sp³-hybridized carbons (Fsp3) is 0.938. The fourth-order valence-electron chi connectivity index (χ4n) is 5.18. The van der Waals surface area contributed by atoms with Gasteiger partial charge in [-0.3, -0.25) is 4.79 Å². The summed E-state index contributed by atoms with van der Waals surface area (Å²) in [4.78, 5) is 12.5. The lowest BCUT2D eigenvalue weighted by atomic mass is 9.68. The van der Waals surface area contributed by atoms with Crippen LogP contribution < -0.4 is 11.1 Å². The molecule has 0 heterocycles. The van der Waals surface area contributed by atoms with Crippen LogP contribution in [-0.2, 0) is 4.79 Å². The van der Waals surface area contributed by atoms with E-state index in [4.69, 9.17) is 5.73 Å². The minimum Gasteiger partial charge on any atom is -0.352 e. The Hall–Kier alpha value is -0.570. The first kappa shape index (κ1) is 13.4. The Morgan fingerprint density at radius 3 is 2.47 bits per heavy atom. The van der Waals surface area contributed by atoms with E-state index in [9.17, 15) is 4.79 Å². The van der Waals surface area contributed by atoms with Gasteiger partial charge in [0.25, 0.3) is 0 Å². The van der Waals surface area contributed by atoms with Gasteiger partial charge in [-0.25, -0.2) is 0 Å². The monoisotopic (exact) mass is 264 g/mol. The Balaban J connectivity index is 1.71. The highest BCUT2D eigenvalue weighted by atomic mass is 16.2. The number of amides is 1. The topological polar surface area (TPSA) is 55.1 Å². The van der Waals surface area contributed by atoms with Gasteiger partial charge >= 0.3 is 0 Å². The third-order valence-corrected chi connectivity index (χ3v) is 6.40. The van der Waals surface area contributed by atoms with Crippen LogP contribution in [0.1, 0.15) is 59.3 Å². The molecule has 0 spiro atoms. The molecular weight excluding hydrogens is 236 g/mol. The van der Waals surface area contributed by atoms with E-state index in [1.54, 1.807) is 0 Å². The lowest BCUT2D eigenvalue weighted by Crippen LogP contribution is -2.53. The van der Waals surface area contributed by atoms with Gasteiger partial charge in [0.15, 0.2) is 0 Å². The van der Waals surface area contributed by atoms with Crippen LogP contribution in [0.25, 0.3) is 0 Å². The van der Waals surface area contributed by atoms with Crippen LogP contribution in [0.2, 0.25) is 0 Å². The van der Waals surface area contributed by atoms with E-state index in [2.05, 4.69) is 26.1 Å². The molecule has 0 aromatic heterocycles. The van der Waals surface area contributed by atoms with Crippen LogP contribution in [0.15, 0.2) is 0 Å². The number of nitrogens with one attached hydrogen (secondary N) is 1. The van der Waals surface area contributed by atoms with E-state index in [-0.39, 0.29) is 23.3 Å². The van der Waals surface area contributed by atoms with Gasteiger partial charge in [-0.1, -0.05) is 20.8 Å².